The highest BCUT2D eigenvalue weighted by Crippen LogP contribution is 2.32. The smallest absolute Gasteiger partial charge is 0.259 e. The second kappa shape index (κ2) is 11.5. The van der Waals surface area contributed by atoms with Crippen LogP contribution in [-0.2, 0) is 11.4 Å². The number of amides is 1. The molecule has 3 aromatic rings. The van der Waals surface area contributed by atoms with Crippen molar-refractivity contribution in [3.05, 3.63) is 90.4 Å². The largest absolute Gasteiger partial charge is 0.487 e. The number of hydrogen-bond acceptors (Lipinski definition) is 4. The molecule has 154 valence electrons. The first-order chi connectivity index (χ1) is 14.5. The highest BCUT2D eigenvalue weighted by molar-refractivity contribution is 14.1. The van der Waals surface area contributed by atoms with E-state index in [1.165, 1.54) is 0 Å². The summed E-state index contributed by atoms with van der Waals surface area (Å²) >= 11 is 9.24. The molecule has 2 N–H and O–H groups in total. The van der Waals surface area contributed by atoms with Gasteiger partial charge in [-0.2, -0.15) is 5.10 Å². The molecule has 0 saturated heterocycles. The number of halogens is 3. The summed E-state index contributed by atoms with van der Waals surface area (Å²) < 4.78 is 8.80. The number of nitrogens with one attached hydrogen (secondary N) is 2. The summed E-state index contributed by atoms with van der Waals surface area (Å²) in [6.45, 7) is 0.547. The third-order valence-electron chi connectivity index (χ3n) is 3.95. The molecule has 0 fully saturated rings. The van der Waals surface area contributed by atoms with Crippen LogP contribution in [0.5, 0.6) is 5.75 Å². The molecule has 0 spiro atoms. The Balaban J connectivity index is 1.60. The molecule has 0 aliphatic carbocycles. The van der Waals surface area contributed by atoms with Gasteiger partial charge in [-0.3, -0.25) is 4.79 Å². The molecule has 8 heteroatoms. The Morgan fingerprint density at radius 1 is 1.07 bits per heavy atom. The third-order valence-corrected chi connectivity index (χ3v) is 5.72. The minimum Gasteiger partial charge on any atom is -0.487 e. The molecule has 0 atom stereocenters. The molecule has 3 aromatic carbocycles. The van der Waals surface area contributed by atoms with Crippen molar-refractivity contribution in [3.63, 3.8) is 0 Å². The van der Waals surface area contributed by atoms with Crippen molar-refractivity contribution in [2.24, 2.45) is 5.10 Å². The van der Waals surface area contributed by atoms with E-state index in [2.05, 4.69) is 70.3 Å². The summed E-state index contributed by atoms with van der Waals surface area (Å²) in [5.74, 6) is 0.405. The molecular weight excluding hydrogens is 625 g/mol. The second-order valence-corrected chi connectivity index (χ2v) is 9.25. The number of benzene rings is 3. The normalized spacial score (nSPS) is 10.8. The standard InChI is InChI=1S/C22H18Br2IN3O2/c23-17-10-16(22(20(24)11-17)30-14-15-4-2-1-3-5-15)12-27-28-21(29)13-26-19-8-6-18(25)7-9-19/h1-12,26H,13-14H2,(H,28,29)/b27-12-. The van der Waals surface area contributed by atoms with Crippen molar-refractivity contribution < 1.29 is 9.53 Å². The lowest BCUT2D eigenvalue weighted by Crippen LogP contribution is -2.25. The van der Waals surface area contributed by atoms with Crippen molar-refractivity contribution >= 4 is 72.3 Å². The third kappa shape index (κ3) is 7.10. The number of rotatable bonds is 8. The van der Waals surface area contributed by atoms with Gasteiger partial charge in [-0.15, -0.1) is 0 Å². The Morgan fingerprint density at radius 3 is 2.53 bits per heavy atom. The summed E-state index contributed by atoms with van der Waals surface area (Å²) in [6.07, 6.45) is 1.57. The maximum absolute atomic E-state index is 12.1. The highest BCUT2D eigenvalue weighted by atomic mass is 127. The zero-order valence-corrected chi connectivity index (χ0v) is 21.1. The predicted molar refractivity (Wildman–Crippen MR) is 136 cm³/mol. The van der Waals surface area contributed by atoms with Crippen LogP contribution >= 0.6 is 54.5 Å². The molecule has 0 aliphatic rings. The monoisotopic (exact) mass is 641 g/mol. The Kier molecular flexibility index (Phi) is 8.71. The lowest BCUT2D eigenvalue weighted by Gasteiger charge is -2.12. The van der Waals surface area contributed by atoms with Gasteiger partial charge < -0.3 is 10.1 Å². The van der Waals surface area contributed by atoms with Gasteiger partial charge >= 0.3 is 0 Å². The van der Waals surface area contributed by atoms with Crippen molar-refractivity contribution in [1.82, 2.24) is 5.43 Å². The average Bonchev–Trinajstić information content (AvgIpc) is 2.73. The van der Waals surface area contributed by atoms with E-state index in [9.17, 15) is 4.79 Å². The first-order valence-electron chi connectivity index (χ1n) is 8.98. The van der Waals surface area contributed by atoms with E-state index in [4.69, 9.17) is 4.74 Å². The van der Waals surface area contributed by atoms with Crippen molar-refractivity contribution in [1.29, 1.82) is 0 Å². The van der Waals surface area contributed by atoms with E-state index >= 15 is 0 Å². The average molecular weight is 643 g/mol. The van der Waals surface area contributed by atoms with Gasteiger partial charge in [0.15, 0.2) is 0 Å². The number of hydrazone groups is 1. The summed E-state index contributed by atoms with van der Waals surface area (Å²) in [4.78, 5) is 12.1. The van der Waals surface area contributed by atoms with E-state index < -0.39 is 0 Å². The number of carbonyl (C=O) groups excluding carboxylic acids is 1. The minimum atomic E-state index is -0.245. The van der Waals surface area contributed by atoms with Crippen LogP contribution in [0, 0.1) is 3.57 Å². The summed E-state index contributed by atoms with van der Waals surface area (Å²) in [5.41, 5.74) is 5.20. The fraction of sp³-hybridized carbons (Fsp3) is 0.0909. The Labute approximate surface area is 205 Å². The van der Waals surface area contributed by atoms with Crippen LogP contribution in [0.1, 0.15) is 11.1 Å². The molecule has 0 bridgehead atoms. The SMILES string of the molecule is O=C(CNc1ccc(I)cc1)N/N=C\c1cc(Br)cc(Br)c1OCc1ccccc1. The van der Waals surface area contributed by atoms with Gasteiger partial charge in [0.25, 0.3) is 5.91 Å². The van der Waals surface area contributed by atoms with Crippen molar-refractivity contribution in [2.75, 3.05) is 11.9 Å². The van der Waals surface area contributed by atoms with Crippen molar-refractivity contribution in [3.8, 4) is 5.75 Å². The maximum atomic E-state index is 12.1. The number of carbonyl (C=O) groups is 1. The fourth-order valence-corrected chi connectivity index (χ4v) is 4.25. The van der Waals surface area contributed by atoms with E-state index in [1.807, 2.05) is 66.7 Å². The van der Waals surface area contributed by atoms with Gasteiger partial charge in [-0.05, 0) is 80.5 Å². The van der Waals surface area contributed by atoms with E-state index in [0.717, 1.165) is 29.3 Å². The lowest BCUT2D eigenvalue weighted by atomic mass is 10.2. The molecular formula is C22H18Br2IN3O2. The molecule has 30 heavy (non-hydrogen) atoms. The van der Waals surface area contributed by atoms with E-state index in [-0.39, 0.29) is 12.5 Å². The van der Waals surface area contributed by atoms with Crippen LogP contribution in [0.4, 0.5) is 5.69 Å². The van der Waals surface area contributed by atoms with Gasteiger partial charge in [-0.25, -0.2) is 5.43 Å². The zero-order valence-electron chi connectivity index (χ0n) is 15.7. The summed E-state index contributed by atoms with van der Waals surface area (Å²) in [7, 11) is 0. The number of ether oxygens (including phenoxy) is 1. The van der Waals surface area contributed by atoms with Crippen LogP contribution in [-0.4, -0.2) is 18.7 Å². The first-order valence-corrected chi connectivity index (χ1v) is 11.6. The van der Waals surface area contributed by atoms with Crippen LogP contribution in [0.25, 0.3) is 0 Å². The van der Waals surface area contributed by atoms with Gasteiger partial charge in [0.05, 0.1) is 17.2 Å². The minimum absolute atomic E-state index is 0.122. The molecule has 0 aliphatic heterocycles. The first kappa shape index (κ1) is 22.8. The van der Waals surface area contributed by atoms with Crippen LogP contribution in [0.15, 0.2) is 80.8 Å². The molecule has 3 rings (SSSR count). The Morgan fingerprint density at radius 2 is 1.80 bits per heavy atom. The zero-order chi connectivity index (χ0) is 21.3. The second-order valence-electron chi connectivity index (χ2n) is 6.23. The topological polar surface area (TPSA) is 62.7 Å². The lowest BCUT2D eigenvalue weighted by molar-refractivity contribution is -0.119. The van der Waals surface area contributed by atoms with Gasteiger partial charge in [-0.1, -0.05) is 46.3 Å². The number of nitrogens with zero attached hydrogens (tertiary/aromatic N) is 1. The Bertz CT molecular complexity index is 1030. The summed E-state index contributed by atoms with van der Waals surface area (Å²) in [6, 6.07) is 21.5. The maximum Gasteiger partial charge on any atom is 0.259 e. The number of hydrogen-bond donors (Lipinski definition) is 2. The van der Waals surface area contributed by atoms with Gasteiger partial charge in [0.1, 0.15) is 12.4 Å². The van der Waals surface area contributed by atoms with Gasteiger partial charge in [0.2, 0.25) is 0 Å². The molecule has 0 unspecified atom stereocenters. The quantitative estimate of drug-likeness (QED) is 0.181. The van der Waals surface area contributed by atoms with Crippen LogP contribution < -0.4 is 15.5 Å². The fourth-order valence-electron chi connectivity index (χ4n) is 2.52. The van der Waals surface area contributed by atoms with Crippen LogP contribution in [0.2, 0.25) is 0 Å². The molecule has 0 radical (unpaired) electrons. The van der Waals surface area contributed by atoms with Gasteiger partial charge in [0, 0.05) is 19.3 Å². The highest BCUT2D eigenvalue weighted by Gasteiger charge is 2.10. The summed E-state index contributed by atoms with van der Waals surface area (Å²) in [5, 5.41) is 7.14. The van der Waals surface area contributed by atoms with E-state index in [0.29, 0.717) is 12.4 Å². The van der Waals surface area contributed by atoms with Crippen LogP contribution in [0.3, 0.4) is 0 Å². The molecule has 0 aromatic heterocycles. The molecule has 1 amide bonds. The molecule has 0 saturated carbocycles. The predicted octanol–water partition coefficient (Wildman–Crippen LogP) is 5.96. The molecule has 5 nitrogen and oxygen atoms in total. The Hall–Kier alpha value is -1.91. The molecule has 0 heterocycles. The van der Waals surface area contributed by atoms with E-state index in [1.54, 1.807) is 6.21 Å². The number of anilines is 1. The van der Waals surface area contributed by atoms with Crippen molar-refractivity contribution in [2.45, 2.75) is 6.61 Å².